The topological polar surface area (TPSA) is 109 Å². The number of carboxylic acid groups (broad SMARTS) is 1. The molecule has 7 heteroatoms. The third kappa shape index (κ3) is 6.06. The first-order valence-corrected chi connectivity index (χ1v) is 8.07. The highest BCUT2D eigenvalue weighted by molar-refractivity contribution is 5.95. The summed E-state index contributed by atoms with van der Waals surface area (Å²) in [5, 5.41) is 14.5. The van der Waals surface area contributed by atoms with Crippen LogP contribution in [0.15, 0.2) is 22.8 Å². The Hall–Kier alpha value is -2.31. The first-order valence-electron chi connectivity index (χ1n) is 8.07. The van der Waals surface area contributed by atoms with Crippen molar-refractivity contribution < 1.29 is 23.9 Å². The molecule has 2 atom stereocenters. The number of carboxylic acids is 1. The number of rotatable bonds is 9. The third-order valence-electron chi connectivity index (χ3n) is 3.61. The SMILES string of the molecule is CC(C)CC(CNC(=O)C(NC(=O)c1ccco1)C(C)C)C(=O)O. The lowest BCUT2D eigenvalue weighted by atomic mass is 9.96. The maximum Gasteiger partial charge on any atom is 0.308 e. The smallest absolute Gasteiger partial charge is 0.308 e. The summed E-state index contributed by atoms with van der Waals surface area (Å²) in [6, 6.07) is 2.33. The van der Waals surface area contributed by atoms with E-state index < -0.39 is 29.7 Å². The molecule has 1 heterocycles. The number of nitrogens with one attached hydrogen (secondary N) is 2. The Morgan fingerprint density at radius 3 is 2.33 bits per heavy atom. The Balaban J connectivity index is 2.66. The van der Waals surface area contributed by atoms with Crippen molar-refractivity contribution in [3.05, 3.63) is 24.2 Å². The number of aliphatic carboxylic acids is 1. The van der Waals surface area contributed by atoms with Crippen LogP contribution in [0.3, 0.4) is 0 Å². The van der Waals surface area contributed by atoms with Gasteiger partial charge >= 0.3 is 5.97 Å². The molecule has 1 aromatic heterocycles. The highest BCUT2D eigenvalue weighted by Crippen LogP contribution is 2.12. The van der Waals surface area contributed by atoms with E-state index in [1.165, 1.54) is 12.3 Å². The molecule has 7 nitrogen and oxygen atoms in total. The van der Waals surface area contributed by atoms with Crippen LogP contribution < -0.4 is 10.6 Å². The van der Waals surface area contributed by atoms with Crippen molar-refractivity contribution >= 4 is 17.8 Å². The van der Waals surface area contributed by atoms with Crippen LogP contribution >= 0.6 is 0 Å². The van der Waals surface area contributed by atoms with Crippen LogP contribution in [0.25, 0.3) is 0 Å². The van der Waals surface area contributed by atoms with Gasteiger partial charge in [-0.2, -0.15) is 0 Å². The van der Waals surface area contributed by atoms with E-state index >= 15 is 0 Å². The zero-order valence-corrected chi connectivity index (χ0v) is 14.5. The molecule has 0 fully saturated rings. The molecule has 3 N–H and O–H groups in total. The molecule has 0 bridgehead atoms. The molecule has 0 radical (unpaired) electrons. The Morgan fingerprint density at radius 1 is 1.21 bits per heavy atom. The number of hydrogen-bond acceptors (Lipinski definition) is 4. The normalized spacial score (nSPS) is 13.6. The molecular formula is C17H26N2O5. The summed E-state index contributed by atoms with van der Waals surface area (Å²) in [7, 11) is 0. The summed E-state index contributed by atoms with van der Waals surface area (Å²) in [5.74, 6) is -2.30. The van der Waals surface area contributed by atoms with E-state index in [1.807, 2.05) is 13.8 Å². The monoisotopic (exact) mass is 338 g/mol. The first kappa shape index (κ1) is 19.7. The molecule has 24 heavy (non-hydrogen) atoms. The first-order chi connectivity index (χ1) is 11.2. The van der Waals surface area contributed by atoms with Crippen LogP contribution in [0.5, 0.6) is 0 Å². The van der Waals surface area contributed by atoms with Crippen LogP contribution in [0, 0.1) is 17.8 Å². The average molecular weight is 338 g/mol. The van der Waals surface area contributed by atoms with Gasteiger partial charge in [-0.1, -0.05) is 27.7 Å². The van der Waals surface area contributed by atoms with Gasteiger partial charge in [-0.25, -0.2) is 0 Å². The molecule has 0 spiro atoms. The maximum atomic E-state index is 12.4. The molecule has 1 aromatic rings. The Kier molecular flexibility index (Phi) is 7.48. The fourth-order valence-electron chi connectivity index (χ4n) is 2.33. The molecule has 2 unspecified atom stereocenters. The molecule has 2 amide bonds. The van der Waals surface area contributed by atoms with Crippen LogP contribution in [0.2, 0.25) is 0 Å². The van der Waals surface area contributed by atoms with Crippen molar-refractivity contribution in [1.82, 2.24) is 10.6 Å². The van der Waals surface area contributed by atoms with Crippen LogP contribution in [0.1, 0.15) is 44.7 Å². The maximum absolute atomic E-state index is 12.4. The Morgan fingerprint density at radius 2 is 1.88 bits per heavy atom. The highest BCUT2D eigenvalue weighted by atomic mass is 16.4. The summed E-state index contributed by atoms with van der Waals surface area (Å²) in [5.41, 5.74) is 0. The lowest BCUT2D eigenvalue weighted by molar-refractivity contribution is -0.142. The van der Waals surface area contributed by atoms with Crippen molar-refractivity contribution in [2.24, 2.45) is 17.8 Å². The van der Waals surface area contributed by atoms with Gasteiger partial charge in [0, 0.05) is 6.54 Å². The second-order valence-electron chi connectivity index (χ2n) is 6.58. The number of carbonyl (C=O) groups is 3. The van der Waals surface area contributed by atoms with Gasteiger partial charge in [-0.05, 0) is 30.4 Å². The number of hydrogen-bond donors (Lipinski definition) is 3. The number of amides is 2. The van der Waals surface area contributed by atoms with Crippen molar-refractivity contribution in [3.8, 4) is 0 Å². The summed E-state index contributed by atoms with van der Waals surface area (Å²) in [6.07, 6.45) is 1.85. The van der Waals surface area contributed by atoms with Gasteiger partial charge < -0.3 is 20.2 Å². The van der Waals surface area contributed by atoms with E-state index in [-0.39, 0.29) is 24.1 Å². The van der Waals surface area contributed by atoms with Crippen LogP contribution in [-0.4, -0.2) is 35.5 Å². The second-order valence-corrected chi connectivity index (χ2v) is 6.58. The van der Waals surface area contributed by atoms with Crippen molar-refractivity contribution in [3.63, 3.8) is 0 Å². The van der Waals surface area contributed by atoms with Crippen LogP contribution in [-0.2, 0) is 9.59 Å². The molecule has 1 rings (SSSR count). The molecule has 0 aromatic carbocycles. The quantitative estimate of drug-likeness (QED) is 0.637. The zero-order chi connectivity index (χ0) is 18.3. The minimum atomic E-state index is -0.940. The van der Waals surface area contributed by atoms with Gasteiger partial charge in [0.2, 0.25) is 5.91 Å². The minimum absolute atomic E-state index is 0.0339. The molecule has 0 saturated heterocycles. The van der Waals surface area contributed by atoms with Crippen LogP contribution in [0.4, 0.5) is 0 Å². The van der Waals surface area contributed by atoms with Gasteiger partial charge in [0.25, 0.3) is 5.91 Å². The lowest BCUT2D eigenvalue weighted by Gasteiger charge is -2.22. The predicted octanol–water partition coefficient (Wildman–Crippen LogP) is 1.90. The fourth-order valence-corrected chi connectivity index (χ4v) is 2.33. The molecular weight excluding hydrogens is 312 g/mol. The number of carbonyl (C=O) groups excluding carboxylic acids is 2. The molecule has 0 aliphatic carbocycles. The van der Waals surface area contributed by atoms with Gasteiger partial charge in [-0.3, -0.25) is 14.4 Å². The lowest BCUT2D eigenvalue weighted by Crippen LogP contribution is -2.50. The van der Waals surface area contributed by atoms with E-state index in [0.29, 0.717) is 6.42 Å². The minimum Gasteiger partial charge on any atom is -0.481 e. The third-order valence-corrected chi connectivity index (χ3v) is 3.61. The summed E-state index contributed by atoms with van der Waals surface area (Å²) in [4.78, 5) is 35.6. The average Bonchev–Trinajstić information content (AvgIpc) is 3.01. The highest BCUT2D eigenvalue weighted by Gasteiger charge is 2.27. The Labute approximate surface area is 141 Å². The van der Waals surface area contributed by atoms with Crippen molar-refractivity contribution in [2.75, 3.05) is 6.54 Å². The summed E-state index contributed by atoms with van der Waals surface area (Å²) >= 11 is 0. The summed E-state index contributed by atoms with van der Waals surface area (Å²) in [6.45, 7) is 7.49. The van der Waals surface area contributed by atoms with Crippen molar-refractivity contribution in [2.45, 2.75) is 40.2 Å². The largest absolute Gasteiger partial charge is 0.481 e. The zero-order valence-electron chi connectivity index (χ0n) is 14.5. The molecule has 0 saturated carbocycles. The van der Waals surface area contributed by atoms with Gasteiger partial charge in [0.05, 0.1) is 12.2 Å². The Bertz CT molecular complexity index is 551. The molecule has 0 aliphatic rings. The van der Waals surface area contributed by atoms with E-state index in [4.69, 9.17) is 4.42 Å². The van der Waals surface area contributed by atoms with Gasteiger partial charge in [-0.15, -0.1) is 0 Å². The van der Waals surface area contributed by atoms with E-state index in [9.17, 15) is 19.5 Å². The van der Waals surface area contributed by atoms with Crippen molar-refractivity contribution in [1.29, 1.82) is 0 Å². The van der Waals surface area contributed by atoms with E-state index in [2.05, 4.69) is 10.6 Å². The predicted molar refractivity (Wildman–Crippen MR) is 88.4 cm³/mol. The van der Waals surface area contributed by atoms with E-state index in [0.717, 1.165) is 0 Å². The van der Waals surface area contributed by atoms with Gasteiger partial charge in [0.15, 0.2) is 5.76 Å². The van der Waals surface area contributed by atoms with Gasteiger partial charge in [0.1, 0.15) is 6.04 Å². The van der Waals surface area contributed by atoms with E-state index in [1.54, 1.807) is 19.9 Å². The molecule has 134 valence electrons. The molecule has 0 aliphatic heterocycles. The number of furan rings is 1. The standard InChI is InChI=1S/C17H26N2O5/c1-10(2)8-12(17(22)23)9-18-16(21)14(11(3)4)19-15(20)13-6-5-7-24-13/h5-7,10-12,14H,8-9H2,1-4H3,(H,18,21)(H,19,20)(H,22,23). The fraction of sp³-hybridized carbons (Fsp3) is 0.588. The second kappa shape index (κ2) is 9.10. The summed E-state index contributed by atoms with van der Waals surface area (Å²) < 4.78 is 5.01.